The summed E-state index contributed by atoms with van der Waals surface area (Å²) in [6.07, 6.45) is 4.65. The number of aromatic hydroxyl groups is 1. The van der Waals surface area contributed by atoms with Crippen molar-refractivity contribution in [1.82, 2.24) is 5.32 Å². The largest absolute Gasteiger partial charge is 0.508 e. The summed E-state index contributed by atoms with van der Waals surface area (Å²) in [4.78, 5) is 14.1. The number of carbonyl (C=O) groups is 1. The summed E-state index contributed by atoms with van der Waals surface area (Å²) >= 11 is 0. The minimum Gasteiger partial charge on any atom is -0.508 e. The molecular weight excluding hydrogens is 244 g/mol. The number of carbonyl (C=O) groups excluding carboxylic acids is 1. The molecule has 6 nitrogen and oxygen atoms in total. The van der Waals surface area contributed by atoms with Crippen LogP contribution in [0.25, 0.3) is 16.5 Å². The molecule has 0 spiro atoms. The molecule has 0 unspecified atom stereocenters. The fourth-order valence-corrected chi connectivity index (χ4v) is 1.38. The first-order valence-corrected chi connectivity index (χ1v) is 5.98. The van der Waals surface area contributed by atoms with E-state index < -0.39 is 0 Å². The van der Waals surface area contributed by atoms with Crippen LogP contribution in [-0.2, 0) is 4.79 Å². The van der Waals surface area contributed by atoms with E-state index in [2.05, 4.69) is 15.3 Å². The number of azide groups is 1. The minimum atomic E-state index is -0.170. The maximum absolute atomic E-state index is 11.4. The number of rotatable bonds is 7. The molecule has 1 aromatic carbocycles. The Morgan fingerprint density at radius 1 is 1.37 bits per heavy atom. The van der Waals surface area contributed by atoms with Crippen molar-refractivity contribution in [2.24, 2.45) is 5.11 Å². The highest BCUT2D eigenvalue weighted by Gasteiger charge is 1.95. The van der Waals surface area contributed by atoms with Gasteiger partial charge in [-0.1, -0.05) is 17.2 Å². The van der Waals surface area contributed by atoms with Crippen LogP contribution in [-0.4, -0.2) is 24.1 Å². The molecule has 0 bridgehead atoms. The van der Waals surface area contributed by atoms with Gasteiger partial charge >= 0.3 is 0 Å². The highest BCUT2D eigenvalue weighted by Crippen LogP contribution is 2.10. The van der Waals surface area contributed by atoms with Crippen molar-refractivity contribution in [1.29, 1.82) is 0 Å². The number of hydrogen-bond donors (Lipinski definition) is 2. The van der Waals surface area contributed by atoms with E-state index in [-0.39, 0.29) is 11.7 Å². The molecular formula is C13H16N4O2. The van der Waals surface area contributed by atoms with E-state index in [4.69, 9.17) is 10.6 Å². The number of phenols is 1. The summed E-state index contributed by atoms with van der Waals surface area (Å²) in [5.74, 6) is 0.0264. The fourth-order valence-electron chi connectivity index (χ4n) is 1.38. The first kappa shape index (κ1) is 14.6. The predicted octanol–water partition coefficient (Wildman–Crippen LogP) is 2.61. The van der Waals surface area contributed by atoms with Gasteiger partial charge < -0.3 is 10.4 Å². The van der Waals surface area contributed by atoms with Gasteiger partial charge in [0.1, 0.15) is 5.75 Å². The molecule has 0 fully saturated rings. The van der Waals surface area contributed by atoms with Crippen molar-refractivity contribution in [3.63, 3.8) is 0 Å². The molecule has 0 saturated carbocycles. The van der Waals surface area contributed by atoms with Gasteiger partial charge in [0, 0.05) is 24.1 Å². The number of amides is 1. The van der Waals surface area contributed by atoms with Gasteiger partial charge in [-0.3, -0.25) is 4.79 Å². The standard InChI is InChI=1S/C13H16N4O2/c14-17-16-10-2-1-9-15-13(19)8-5-11-3-6-12(18)7-4-11/h3-8,18H,1-2,9-10H2,(H,15,19). The minimum absolute atomic E-state index is 0.170. The maximum Gasteiger partial charge on any atom is 0.243 e. The van der Waals surface area contributed by atoms with Gasteiger partial charge in [0.2, 0.25) is 5.91 Å². The van der Waals surface area contributed by atoms with Gasteiger partial charge in [-0.25, -0.2) is 0 Å². The Morgan fingerprint density at radius 3 is 2.79 bits per heavy atom. The molecule has 1 aromatic rings. The van der Waals surface area contributed by atoms with Crippen LogP contribution in [0.3, 0.4) is 0 Å². The van der Waals surface area contributed by atoms with Gasteiger partial charge in [0.25, 0.3) is 0 Å². The molecule has 1 rings (SSSR count). The van der Waals surface area contributed by atoms with Crippen molar-refractivity contribution in [3.05, 3.63) is 46.3 Å². The average Bonchev–Trinajstić information content (AvgIpc) is 2.42. The summed E-state index contributed by atoms with van der Waals surface area (Å²) in [6.45, 7) is 1.01. The van der Waals surface area contributed by atoms with Crippen LogP contribution < -0.4 is 5.32 Å². The molecule has 0 radical (unpaired) electrons. The van der Waals surface area contributed by atoms with Gasteiger partial charge in [-0.05, 0) is 42.1 Å². The van der Waals surface area contributed by atoms with Gasteiger partial charge in [0.15, 0.2) is 0 Å². The molecule has 0 aliphatic carbocycles. The summed E-state index contributed by atoms with van der Waals surface area (Å²) in [5, 5.41) is 15.2. The van der Waals surface area contributed by atoms with Crippen molar-refractivity contribution in [2.75, 3.05) is 13.1 Å². The zero-order valence-electron chi connectivity index (χ0n) is 10.5. The Labute approximate surface area is 111 Å². The van der Waals surface area contributed by atoms with Crippen LogP contribution in [0.2, 0.25) is 0 Å². The van der Waals surface area contributed by atoms with Crippen molar-refractivity contribution in [2.45, 2.75) is 12.8 Å². The molecule has 0 saturated heterocycles. The van der Waals surface area contributed by atoms with Gasteiger partial charge in [-0.2, -0.15) is 0 Å². The number of phenolic OH excluding ortho intramolecular Hbond substituents is 1. The quantitative estimate of drug-likeness (QED) is 0.259. The maximum atomic E-state index is 11.4. The second kappa shape index (κ2) is 8.60. The van der Waals surface area contributed by atoms with Crippen LogP contribution in [0, 0.1) is 0 Å². The number of nitrogens with zero attached hydrogens (tertiary/aromatic N) is 3. The third-order valence-corrected chi connectivity index (χ3v) is 2.37. The van der Waals surface area contributed by atoms with E-state index in [9.17, 15) is 4.79 Å². The second-order valence-corrected chi connectivity index (χ2v) is 3.88. The number of benzene rings is 1. The van der Waals surface area contributed by atoms with E-state index in [1.807, 2.05) is 0 Å². The summed E-state index contributed by atoms with van der Waals surface area (Å²) < 4.78 is 0. The van der Waals surface area contributed by atoms with Gasteiger partial charge in [0.05, 0.1) is 0 Å². The zero-order chi connectivity index (χ0) is 13.9. The smallest absolute Gasteiger partial charge is 0.243 e. The molecule has 2 N–H and O–H groups in total. The summed E-state index contributed by atoms with van der Waals surface area (Å²) in [6, 6.07) is 6.57. The lowest BCUT2D eigenvalue weighted by Crippen LogP contribution is -2.22. The molecule has 0 heterocycles. The zero-order valence-corrected chi connectivity index (χ0v) is 10.5. The Hall–Kier alpha value is -2.46. The topological polar surface area (TPSA) is 98.1 Å². The second-order valence-electron chi connectivity index (χ2n) is 3.88. The molecule has 0 aromatic heterocycles. The Bertz CT molecular complexity index is 476. The van der Waals surface area contributed by atoms with Crippen molar-refractivity contribution in [3.8, 4) is 5.75 Å². The lowest BCUT2D eigenvalue weighted by molar-refractivity contribution is -0.116. The SMILES string of the molecule is [N-]=[N+]=NCCCCNC(=O)C=Cc1ccc(O)cc1. The third kappa shape index (κ3) is 6.75. The van der Waals surface area contributed by atoms with Crippen LogP contribution in [0.5, 0.6) is 5.75 Å². The molecule has 19 heavy (non-hydrogen) atoms. The first-order valence-electron chi connectivity index (χ1n) is 5.98. The van der Waals surface area contributed by atoms with Crippen LogP contribution in [0.15, 0.2) is 35.5 Å². The van der Waals surface area contributed by atoms with E-state index in [0.717, 1.165) is 18.4 Å². The molecule has 100 valence electrons. The van der Waals surface area contributed by atoms with Gasteiger partial charge in [-0.15, -0.1) is 0 Å². The van der Waals surface area contributed by atoms with E-state index in [1.54, 1.807) is 30.3 Å². The normalized spacial score (nSPS) is 10.1. The fraction of sp³-hybridized carbons (Fsp3) is 0.308. The first-order chi connectivity index (χ1) is 9.22. The Kier molecular flexibility index (Phi) is 6.61. The monoisotopic (exact) mass is 260 g/mol. The third-order valence-electron chi connectivity index (χ3n) is 2.37. The lowest BCUT2D eigenvalue weighted by Gasteiger charge is -2.00. The van der Waals surface area contributed by atoms with E-state index in [1.165, 1.54) is 6.08 Å². The number of unbranched alkanes of at least 4 members (excludes halogenated alkanes) is 1. The van der Waals surface area contributed by atoms with Crippen LogP contribution in [0.4, 0.5) is 0 Å². The van der Waals surface area contributed by atoms with Crippen molar-refractivity contribution >= 4 is 12.0 Å². The Balaban J connectivity index is 2.23. The predicted molar refractivity (Wildman–Crippen MR) is 73.4 cm³/mol. The molecule has 0 atom stereocenters. The highest BCUT2D eigenvalue weighted by atomic mass is 16.3. The highest BCUT2D eigenvalue weighted by molar-refractivity contribution is 5.91. The lowest BCUT2D eigenvalue weighted by atomic mass is 10.2. The van der Waals surface area contributed by atoms with Crippen LogP contribution in [0.1, 0.15) is 18.4 Å². The van der Waals surface area contributed by atoms with E-state index in [0.29, 0.717) is 13.1 Å². The number of hydrogen-bond acceptors (Lipinski definition) is 3. The molecule has 6 heteroatoms. The average molecular weight is 260 g/mol. The molecule has 0 aliphatic heterocycles. The Morgan fingerprint density at radius 2 is 2.11 bits per heavy atom. The molecule has 0 aliphatic rings. The summed E-state index contributed by atoms with van der Waals surface area (Å²) in [7, 11) is 0. The molecule has 1 amide bonds. The van der Waals surface area contributed by atoms with Crippen molar-refractivity contribution < 1.29 is 9.90 Å². The van der Waals surface area contributed by atoms with Crippen LogP contribution >= 0.6 is 0 Å². The number of nitrogens with one attached hydrogen (secondary N) is 1. The van der Waals surface area contributed by atoms with E-state index >= 15 is 0 Å². The summed E-state index contributed by atoms with van der Waals surface area (Å²) in [5.41, 5.74) is 8.91.